The molecule has 3 aromatic rings. The molecule has 1 aliphatic rings. The Balaban J connectivity index is 1.88. The molecular weight excluding hydrogens is 490 g/mol. The van der Waals surface area contributed by atoms with Crippen molar-refractivity contribution in [2.75, 3.05) is 29.5 Å². The Morgan fingerprint density at radius 3 is 2.29 bits per heavy atom. The summed E-state index contributed by atoms with van der Waals surface area (Å²) in [5.41, 5.74) is 1.63. The minimum Gasteiger partial charge on any atom is -0.507 e. The average molecular weight is 521 g/mol. The molecule has 1 aliphatic heterocycles. The molecule has 1 fully saturated rings. The summed E-state index contributed by atoms with van der Waals surface area (Å²) in [4.78, 5) is 29.9. The summed E-state index contributed by atoms with van der Waals surface area (Å²) in [6, 6.07) is 15.8. The van der Waals surface area contributed by atoms with Crippen LogP contribution in [0.15, 0.2) is 72.3 Å². The monoisotopic (exact) mass is 520 g/mol. The van der Waals surface area contributed by atoms with Crippen molar-refractivity contribution < 1.29 is 28.2 Å². The second-order valence-electron chi connectivity index (χ2n) is 8.91. The van der Waals surface area contributed by atoms with Gasteiger partial charge in [0.2, 0.25) is 0 Å². The van der Waals surface area contributed by atoms with Crippen LogP contribution >= 0.6 is 0 Å². The van der Waals surface area contributed by atoms with Crippen LogP contribution in [0.5, 0.6) is 5.75 Å². The smallest absolute Gasteiger partial charge is 0.300 e. The van der Waals surface area contributed by atoms with Crippen molar-refractivity contribution in [1.82, 2.24) is 0 Å². The van der Waals surface area contributed by atoms with Crippen LogP contribution in [-0.4, -0.2) is 36.5 Å². The summed E-state index contributed by atoms with van der Waals surface area (Å²) < 4.78 is 33.6. The summed E-state index contributed by atoms with van der Waals surface area (Å²) in [7, 11) is 0. The van der Waals surface area contributed by atoms with E-state index in [4.69, 9.17) is 4.74 Å². The van der Waals surface area contributed by atoms with E-state index in [1.54, 1.807) is 36.4 Å². The van der Waals surface area contributed by atoms with Gasteiger partial charge < -0.3 is 14.7 Å². The Morgan fingerprint density at radius 1 is 0.947 bits per heavy atom. The van der Waals surface area contributed by atoms with E-state index in [-0.39, 0.29) is 17.0 Å². The first kappa shape index (κ1) is 26.9. The van der Waals surface area contributed by atoms with Gasteiger partial charge in [-0.1, -0.05) is 31.2 Å². The van der Waals surface area contributed by atoms with Gasteiger partial charge in [0.05, 0.1) is 18.2 Å². The number of nitrogens with zero attached hydrogens (tertiary/aromatic N) is 2. The first-order chi connectivity index (χ1) is 18.3. The molecule has 0 aromatic heterocycles. The van der Waals surface area contributed by atoms with Crippen molar-refractivity contribution in [3.05, 3.63) is 95.1 Å². The summed E-state index contributed by atoms with van der Waals surface area (Å²) in [6.45, 7) is 8.10. The molecule has 1 N–H and O–H groups in total. The predicted molar refractivity (Wildman–Crippen MR) is 143 cm³/mol. The number of anilines is 2. The molecule has 1 unspecified atom stereocenters. The average Bonchev–Trinajstić information content (AvgIpc) is 3.20. The minimum absolute atomic E-state index is 0.00268. The fourth-order valence-electron chi connectivity index (χ4n) is 4.61. The molecule has 1 heterocycles. The maximum atomic E-state index is 14.2. The van der Waals surface area contributed by atoms with Crippen LogP contribution in [0.3, 0.4) is 0 Å². The zero-order valence-electron chi connectivity index (χ0n) is 21.6. The normalized spacial score (nSPS) is 16.7. The van der Waals surface area contributed by atoms with Crippen LogP contribution < -0.4 is 14.5 Å². The number of aliphatic hydroxyl groups excluding tert-OH is 1. The molecule has 6 nitrogen and oxygen atoms in total. The Bertz CT molecular complexity index is 1370. The number of aliphatic hydroxyl groups is 1. The van der Waals surface area contributed by atoms with E-state index in [0.717, 1.165) is 42.2 Å². The van der Waals surface area contributed by atoms with Crippen molar-refractivity contribution >= 4 is 28.8 Å². The van der Waals surface area contributed by atoms with Crippen molar-refractivity contribution in [3.63, 3.8) is 0 Å². The van der Waals surface area contributed by atoms with Crippen molar-refractivity contribution in [2.24, 2.45) is 0 Å². The first-order valence-corrected chi connectivity index (χ1v) is 12.6. The highest BCUT2D eigenvalue weighted by Crippen LogP contribution is 2.43. The third-order valence-corrected chi connectivity index (χ3v) is 6.54. The predicted octanol–water partition coefficient (Wildman–Crippen LogP) is 6.23. The summed E-state index contributed by atoms with van der Waals surface area (Å²) in [5, 5.41) is 11.4. The molecule has 198 valence electrons. The van der Waals surface area contributed by atoms with Gasteiger partial charge >= 0.3 is 0 Å². The van der Waals surface area contributed by atoms with E-state index in [9.17, 15) is 23.5 Å². The molecule has 38 heavy (non-hydrogen) atoms. The number of Topliss-reactive ketones (excluding diaryl/α,β-unsaturated/α-hetero) is 1. The lowest BCUT2D eigenvalue weighted by molar-refractivity contribution is -0.132. The highest BCUT2D eigenvalue weighted by Gasteiger charge is 2.47. The molecule has 0 bridgehead atoms. The number of hydrogen-bond donors (Lipinski definition) is 1. The Kier molecular flexibility index (Phi) is 8.10. The highest BCUT2D eigenvalue weighted by molar-refractivity contribution is 6.51. The fourth-order valence-corrected chi connectivity index (χ4v) is 4.61. The van der Waals surface area contributed by atoms with E-state index in [1.807, 2.05) is 32.9 Å². The van der Waals surface area contributed by atoms with Crippen LogP contribution in [0.1, 0.15) is 44.4 Å². The van der Waals surface area contributed by atoms with Crippen molar-refractivity contribution in [2.45, 2.75) is 33.2 Å². The second kappa shape index (κ2) is 11.5. The number of hydrogen-bond acceptors (Lipinski definition) is 5. The van der Waals surface area contributed by atoms with Crippen LogP contribution in [0, 0.1) is 11.6 Å². The minimum atomic E-state index is -1.15. The largest absolute Gasteiger partial charge is 0.507 e. The molecule has 0 spiro atoms. The molecule has 0 radical (unpaired) electrons. The number of amides is 1. The molecule has 1 saturated heterocycles. The van der Waals surface area contributed by atoms with Crippen LogP contribution in [0.25, 0.3) is 5.76 Å². The van der Waals surface area contributed by atoms with Crippen molar-refractivity contribution in [1.29, 1.82) is 0 Å². The number of ketones is 1. The Morgan fingerprint density at radius 2 is 1.66 bits per heavy atom. The number of rotatable bonds is 9. The SMILES string of the molecule is CCCOc1cccc(/C(O)=C2\C(=O)C(=O)N(c3ccc(F)c(F)c3)C2c2ccc(N(CC)CC)cc2)c1. The van der Waals surface area contributed by atoms with Gasteiger partial charge in [0, 0.05) is 36.1 Å². The summed E-state index contributed by atoms with van der Waals surface area (Å²) in [5.74, 6) is -3.98. The molecule has 4 rings (SSSR count). The lowest BCUT2D eigenvalue weighted by Crippen LogP contribution is -2.29. The van der Waals surface area contributed by atoms with Crippen LogP contribution in [-0.2, 0) is 9.59 Å². The van der Waals surface area contributed by atoms with Gasteiger partial charge in [-0.25, -0.2) is 8.78 Å². The van der Waals surface area contributed by atoms with Crippen LogP contribution in [0.4, 0.5) is 20.2 Å². The van der Waals surface area contributed by atoms with Gasteiger partial charge in [0.25, 0.3) is 11.7 Å². The number of carbonyl (C=O) groups excluding carboxylic acids is 2. The van der Waals surface area contributed by atoms with E-state index in [2.05, 4.69) is 4.90 Å². The van der Waals surface area contributed by atoms with E-state index in [1.165, 1.54) is 6.07 Å². The summed E-state index contributed by atoms with van der Waals surface area (Å²) in [6.07, 6.45) is 0.791. The Labute approximate surface area is 220 Å². The van der Waals surface area contributed by atoms with Gasteiger partial charge in [-0.15, -0.1) is 0 Å². The van der Waals surface area contributed by atoms with Crippen LogP contribution in [0.2, 0.25) is 0 Å². The Hall–Kier alpha value is -4.20. The number of benzene rings is 3. The maximum Gasteiger partial charge on any atom is 0.300 e. The second-order valence-corrected chi connectivity index (χ2v) is 8.91. The number of carbonyl (C=O) groups is 2. The highest BCUT2D eigenvalue weighted by atomic mass is 19.2. The van der Waals surface area contributed by atoms with Gasteiger partial charge in [-0.2, -0.15) is 0 Å². The van der Waals surface area contributed by atoms with Crippen molar-refractivity contribution in [3.8, 4) is 5.75 Å². The zero-order chi connectivity index (χ0) is 27.4. The standard InChI is InChI=1S/C30H30F2N2O4/c1-4-16-38-23-9-7-8-20(17-23)28(35)26-27(19-10-12-21(13-11-19)33(5-2)6-3)34(30(37)29(26)36)22-14-15-24(31)25(32)18-22/h7-15,17-18,27,35H,4-6,16H2,1-3H3/b28-26+. The topological polar surface area (TPSA) is 70.1 Å². The first-order valence-electron chi connectivity index (χ1n) is 12.6. The van der Waals surface area contributed by atoms with Gasteiger partial charge in [-0.3, -0.25) is 14.5 Å². The quantitative estimate of drug-likeness (QED) is 0.206. The molecular formula is C30H30F2N2O4. The molecule has 0 aliphatic carbocycles. The molecule has 8 heteroatoms. The molecule has 1 amide bonds. The lowest BCUT2D eigenvalue weighted by atomic mass is 9.94. The molecule has 0 saturated carbocycles. The third-order valence-electron chi connectivity index (χ3n) is 6.54. The fraction of sp³-hybridized carbons (Fsp3) is 0.267. The molecule has 1 atom stereocenters. The molecule has 3 aromatic carbocycles. The van der Waals surface area contributed by atoms with E-state index in [0.29, 0.717) is 23.5 Å². The van der Waals surface area contributed by atoms with Gasteiger partial charge in [0.15, 0.2) is 11.6 Å². The van der Waals surface area contributed by atoms with E-state index < -0.39 is 29.4 Å². The maximum absolute atomic E-state index is 14.2. The third kappa shape index (κ3) is 5.11. The van der Waals surface area contributed by atoms with Gasteiger partial charge in [-0.05, 0) is 62.2 Å². The van der Waals surface area contributed by atoms with Gasteiger partial charge in [0.1, 0.15) is 11.5 Å². The lowest BCUT2D eigenvalue weighted by Gasteiger charge is -2.27. The number of halogens is 2. The number of ether oxygens (including phenoxy) is 1. The summed E-state index contributed by atoms with van der Waals surface area (Å²) >= 11 is 0. The van der Waals surface area contributed by atoms with E-state index >= 15 is 0 Å². The zero-order valence-corrected chi connectivity index (χ0v) is 21.6.